The van der Waals surface area contributed by atoms with Crippen molar-refractivity contribution in [1.82, 2.24) is 4.90 Å². The molecule has 0 aliphatic carbocycles. The predicted molar refractivity (Wildman–Crippen MR) is 108 cm³/mol. The number of carbonyl (C=O) groups is 1. The molecule has 0 atom stereocenters. The second kappa shape index (κ2) is 10.2. The Balaban J connectivity index is 2.28. The fraction of sp³-hybridized carbons (Fsp3) is 0.550. The van der Waals surface area contributed by atoms with Crippen LogP contribution in [-0.2, 0) is 9.47 Å². The minimum Gasteiger partial charge on any atom is -0.490 e. The summed E-state index contributed by atoms with van der Waals surface area (Å²) in [5, 5.41) is 0. The maximum Gasteiger partial charge on any atom is 0.415 e. The van der Waals surface area contributed by atoms with Gasteiger partial charge in [-0.2, -0.15) is 0 Å². The van der Waals surface area contributed by atoms with Gasteiger partial charge >= 0.3 is 6.09 Å². The molecule has 0 unspecified atom stereocenters. The number of methoxy groups -OCH3 is 1. The summed E-state index contributed by atoms with van der Waals surface area (Å²) in [5.41, 5.74) is 3.06. The van der Waals surface area contributed by atoms with E-state index < -0.39 is 6.09 Å². The van der Waals surface area contributed by atoms with Crippen molar-refractivity contribution in [3.8, 4) is 5.75 Å². The zero-order chi connectivity index (χ0) is 19.8. The third-order valence-corrected chi connectivity index (χ3v) is 4.30. The fourth-order valence-electron chi connectivity index (χ4n) is 2.80. The van der Waals surface area contributed by atoms with Gasteiger partial charge in [0.25, 0.3) is 0 Å². The molecule has 1 heterocycles. The van der Waals surface area contributed by atoms with E-state index in [0.717, 1.165) is 30.2 Å². The van der Waals surface area contributed by atoms with Gasteiger partial charge in [-0.25, -0.2) is 4.79 Å². The van der Waals surface area contributed by atoms with Crippen molar-refractivity contribution in [1.29, 1.82) is 0 Å². The van der Waals surface area contributed by atoms with Gasteiger partial charge < -0.3 is 19.1 Å². The van der Waals surface area contributed by atoms with Crippen LogP contribution in [0.25, 0.3) is 0 Å². The standard InChI is InChI=1S/C20H31N3O4/c1-6-16(2)14-22-9-10-26-19-8-7-17(13-18(19)22)23(15-21(3)4)20(24)27-12-11-25-5/h6-8,13H,9-12,14-15H2,1-5H3/b16-6+. The summed E-state index contributed by atoms with van der Waals surface area (Å²) < 4.78 is 16.1. The van der Waals surface area contributed by atoms with E-state index in [-0.39, 0.29) is 6.61 Å². The molecule has 0 radical (unpaired) electrons. The molecule has 1 aliphatic rings. The van der Waals surface area contributed by atoms with Gasteiger partial charge in [0.15, 0.2) is 0 Å². The summed E-state index contributed by atoms with van der Waals surface area (Å²) >= 11 is 0. The SMILES string of the molecule is C/C=C(\C)CN1CCOc2ccc(N(CN(C)C)C(=O)OCCOC)cc21. The van der Waals surface area contributed by atoms with Crippen LogP contribution in [0.2, 0.25) is 0 Å². The lowest BCUT2D eigenvalue weighted by Crippen LogP contribution is -2.40. The van der Waals surface area contributed by atoms with Gasteiger partial charge in [-0.1, -0.05) is 11.6 Å². The predicted octanol–water partition coefficient (Wildman–Crippen LogP) is 2.96. The van der Waals surface area contributed by atoms with Crippen LogP contribution >= 0.6 is 0 Å². The van der Waals surface area contributed by atoms with Crippen LogP contribution in [0.4, 0.5) is 16.2 Å². The van der Waals surface area contributed by atoms with Crippen LogP contribution in [0.15, 0.2) is 29.8 Å². The van der Waals surface area contributed by atoms with Gasteiger partial charge in [0.05, 0.1) is 31.2 Å². The number of fused-ring (bicyclic) bond motifs is 1. The minimum atomic E-state index is -0.395. The summed E-state index contributed by atoms with van der Waals surface area (Å²) in [5.74, 6) is 0.839. The Labute approximate surface area is 162 Å². The van der Waals surface area contributed by atoms with Crippen LogP contribution in [0.1, 0.15) is 13.8 Å². The summed E-state index contributed by atoms with van der Waals surface area (Å²) in [7, 11) is 5.41. The number of allylic oxidation sites excluding steroid dienone is 1. The van der Waals surface area contributed by atoms with E-state index in [9.17, 15) is 4.79 Å². The van der Waals surface area contributed by atoms with Crippen LogP contribution < -0.4 is 14.5 Å². The molecule has 150 valence electrons. The van der Waals surface area contributed by atoms with E-state index >= 15 is 0 Å². The van der Waals surface area contributed by atoms with Gasteiger partial charge in [-0.3, -0.25) is 9.80 Å². The summed E-state index contributed by atoms with van der Waals surface area (Å²) in [6.07, 6.45) is 1.72. The zero-order valence-corrected chi connectivity index (χ0v) is 17.0. The third kappa shape index (κ3) is 5.87. The van der Waals surface area contributed by atoms with E-state index in [1.807, 2.05) is 44.1 Å². The zero-order valence-electron chi connectivity index (χ0n) is 17.0. The van der Waals surface area contributed by atoms with Crippen molar-refractivity contribution < 1.29 is 19.0 Å². The van der Waals surface area contributed by atoms with Gasteiger partial charge in [0, 0.05) is 13.7 Å². The molecule has 0 bridgehead atoms. The summed E-state index contributed by atoms with van der Waals surface area (Å²) in [6.45, 7) is 7.47. The number of hydrogen-bond acceptors (Lipinski definition) is 6. The number of hydrogen-bond donors (Lipinski definition) is 0. The number of ether oxygens (including phenoxy) is 3. The fourth-order valence-corrected chi connectivity index (χ4v) is 2.80. The van der Waals surface area contributed by atoms with Crippen molar-refractivity contribution in [3.05, 3.63) is 29.8 Å². The molecule has 0 N–H and O–H groups in total. The molecule has 1 aromatic carbocycles. The van der Waals surface area contributed by atoms with Gasteiger partial charge in [-0.15, -0.1) is 0 Å². The highest BCUT2D eigenvalue weighted by atomic mass is 16.6. The minimum absolute atomic E-state index is 0.222. The van der Waals surface area contributed by atoms with Crippen molar-refractivity contribution in [2.45, 2.75) is 13.8 Å². The van der Waals surface area contributed by atoms with E-state index in [1.165, 1.54) is 5.57 Å². The first-order chi connectivity index (χ1) is 13.0. The Hall–Kier alpha value is -2.25. The molecule has 0 saturated carbocycles. The molecular formula is C20H31N3O4. The maximum atomic E-state index is 12.6. The highest BCUT2D eigenvalue weighted by molar-refractivity contribution is 5.89. The first-order valence-corrected chi connectivity index (χ1v) is 9.17. The van der Waals surface area contributed by atoms with Crippen molar-refractivity contribution in [2.24, 2.45) is 0 Å². The number of rotatable bonds is 8. The first-order valence-electron chi connectivity index (χ1n) is 9.17. The van der Waals surface area contributed by atoms with E-state index in [0.29, 0.717) is 19.9 Å². The number of carbonyl (C=O) groups excluding carboxylic acids is 1. The number of benzene rings is 1. The molecule has 7 heteroatoms. The van der Waals surface area contributed by atoms with E-state index in [2.05, 4.69) is 17.9 Å². The smallest absolute Gasteiger partial charge is 0.415 e. The Bertz CT molecular complexity index is 661. The molecule has 0 saturated heterocycles. The topological polar surface area (TPSA) is 54.5 Å². The number of nitrogens with zero attached hydrogens (tertiary/aromatic N) is 3. The molecule has 1 amide bonds. The largest absolute Gasteiger partial charge is 0.490 e. The molecule has 27 heavy (non-hydrogen) atoms. The lowest BCUT2D eigenvalue weighted by atomic mass is 10.1. The molecule has 0 spiro atoms. The molecule has 0 fully saturated rings. The highest BCUT2D eigenvalue weighted by Gasteiger charge is 2.23. The van der Waals surface area contributed by atoms with Crippen molar-refractivity contribution in [2.75, 3.05) is 70.6 Å². The molecular weight excluding hydrogens is 346 g/mol. The molecule has 1 aromatic rings. The first kappa shape index (κ1) is 21.1. The Morgan fingerprint density at radius 3 is 2.78 bits per heavy atom. The van der Waals surface area contributed by atoms with Crippen LogP contribution in [0, 0.1) is 0 Å². The third-order valence-electron chi connectivity index (χ3n) is 4.30. The highest BCUT2D eigenvalue weighted by Crippen LogP contribution is 2.36. The Kier molecular flexibility index (Phi) is 7.94. The average molecular weight is 377 g/mol. The van der Waals surface area contributed by atoms with Crippen molar-refractivity contribution in [3.63, 3.8) is 0 Å². The monoisotopic (exact) mass is 377 g/mol. The second-order valence-corrected chi connectivity index (χ2v) is 6.81. The molecule has 1 aliphatic heterocycles. The Morgan fingerprint density at radius 2 is 2.11 bits per heavy atom. The van der Waals surface area contributed by atoms with Gasteiger partial charge in [-0.05, 0) is 46.1 Å². The van der Waals surface area contributed by atoms with Crippen LogP contribution in [0.5, 0.6) is 5.75 Å². The Morgan fingerprint density at radius 1 is 1.33 bits per heavy atom. The normalized spacial score (nSPS) is 14.0. The van der Waals surface area contributed by atoms with Crippen LogP contribution in [-0.4, -0.2) is 71.8 Å². The quantitative estimate of drug-likeness (QED) is 0.394. The molecule has 7 nitrogen and oxygen atoms in total. The molecule has 2 rings (SSSR count). The van der Waals surface area contributed by atoms with E-state index in [1.54, 1.807) is 12.0 Å². The number of amides is 1. The lowest BCUT2D eigenvalue weighted by molar-refractivity contribution is 0.101. The number of anilines is 2. The summed E-state index contributed by atoms with van der Waals surface area (Å²) in [6, 6.07) is 5.82. The summed E-state index contributed by atoms with van der Waals surface area (Å²) in [4.78, 5) is 18.4. The molecule has 0 aromatic heterocycles. The van der Waals surface area contributed by atoms with E-state index in [4.69, 9.17) is 14.2 Å². The average Bonchev–Trinajstić information content (AvgIpc) is 2.66. The lowest BCUT2D eigenvalue weighted by Gasteiger charge is -2.33. The van der Waals surface area contributed by atoms with Gasteiger partial charge in [0.1, 0.15) is 19.0 Å². The van der Waals surface area contributed by atoms with Gasteiger partial charge in [0.2, 0.25) is 0 Å². The maximum absolute atomic E-state index is 12.6. The van der Waals surface area contributed by atoms with Crippen LogP contribution in [0.3, 0.4) is 0 Å². The second-order valence-electron chi connectivity index (χ2n) is 6.81. The van der Waals surface area contributed by atoms with Crippen molar-refractivity contribution >= 4 is 17.5 Å².